The molecule has 0 bridgehead atoms. The minimum absolute atomic E-state index is 0.271. The number of hydrogen-bond donors (Lipinski definition) is 0. The Bertz CT molecular complexity index is 1690. The monoisotopic (exact) mass is 615 g/mol. The van der Waals surface area contributed by atoms with Gasteiger partial charge in [0.05, 0.1) is 17.6 Å². The van der Waals surface area contributed by atoms with Crippen molar-refractivity contribution in [3.8, 4) is 28.4 Å². The maximum absolute atomic E-state index is 13.1. The standard InChI is InChI=1S/C41H45NO4/c1-5-6-7-8-9-10-13-28-44-34-22-20-31(21-23-34)30-16-18-32(19-17-30)39(43)45-35-24-25-38-33(29-35)26-27-41(46-38)40(2,3)36-14-11-12-15-37(36)42(41)4/h11-12,14-27,29H,5-10,13,28H2,1-4H3. The van der Waals surface area contributed by atoms with Gasteiger partial charge in [-0.3, -0.25) is 0 Å². The van der Waals surface area contributed by atoms with E-state index < -0.39 is 11.7 Å². The fourth-order valence-electron chi connectivity index (χ4n) is 6.78. The highest BCUT2D eigenvalue weighted by molar-refractivity contribution is 5.92. The lowest BCUT2D eigenvalue weighted by Crippen LogP contribution is -2.58. The SMILES string of the molecule is CCCCCCCCCOc1ccc(-c2ccc(C(=O)Oc3ccc4c(c3)C=CC3(O4)N(C)c4ccccc4C3(C)C)cc2)cc1. The van der Waals surface area contributed by atoms with E-state index in [2.05, 4.69) is 81.3 Å². The molecule has 0 saturated heterocycles. The first-order chi connectivity index (χ1) is 22.3. The predicted molar refractivity (Wildman–Crippen MR) is 187 cm³/mol. The fourth-order valence-corrected chi connectivity index (χ4v) is 6.78. The van der Waals surface area contributed by atoms with Gasteiger partial charge in [-0.15, -0.1) is 0 Å². The van der Waals surface area contributed by atoms with Gasteiger partial charge in [-0.05, 0) is 97.6 Å². The number of para-hydroxylation sites is 1. The van der Waals surface area contributed by atoms with E-state index in [1.807, 2.05) is 48.5 Å². The van der Waals surface area contributed by atoms with Crippen LogP contribution in [0.5, 0.6) is 17.2 Å². The summed E-state index contributed by atoms with van der Waals surface area (Å²) in [5.41, 5.74) is 4.97. The van der Waals surface area contributed by atoms with Gasteiger partial charge >= 0.3 is 5.97 Å². The number of anilines is 1. The normalized spacial score (nSPS) is 17.3. The molecule has 46 heavy (non-hydrogen) atoms. The van der Waals surface area contributed by atoms with Crippen LogP contribution in [0.4, 0.5) is 5.69 Å². The molecule has 4 aromatic rings. The van der Waals surface area contributed by atoms with Gasteiger partial charge < -0.3 is 19.1 Å². The van der Waals surface area contributed by atoms with Gasteiger partial charge in [-0.25, -0.2) is 4.79 Å². The van der Waals surface area contributed by atoms with Crippen molar-refractivity contribution in [1.29, 1.82) is 0 Å². The Labute approximate surface area is 273 Å². The third kappa shape index (κ3) is 6.16. The lowest BCUT2D eigenvalue weighted by atomic mass is 9.76. The number of unbranched alkanes of at least 4 members (excludes halogenated alkanes) is 6. The summed E-state index contributed by atoms with van der Waals surface area (Å²) in [5, 5.41) is 0. The summed E-state index contributed by atoms with van der Waals surface area (Å²) < 4.78 is 18.5. The molecule has 0 N–H and O–H groups in total. The maximum atomic E-state index is 13.1. The Morgan fingerprint density at radius 1 is 0.783 bits per heavy atom. The molecule has 5 nitrogen and oxygen atoms in total. The number of carbonyl (C=O) groups is 1. The fraction of sp³-hybridized carbons (Fsp3) is 0.341. The van der Waals surface area contributed by atoms with E-state index in [0.717, 1.165) is 46.9 Å². The largest absolute Gasteiger partial charge is 0.494 e. The first-order valence-corrected chi connectivity index (χ1v) is 16.7. The molecule has 4 aromatic carbocycles. The number of hydrogen-bond acceptors (Lipinski definition) is 5. The molecule has 0 saturated carbocycles. The molecular formula is C41H45NO4. The topological polar surface area (TPSA) is 48.0 Å². The zero-order valence-corrected chi connectivity index (χ0v) is 27.6. The van der Waals surface area contributed by atoms with Crippen LogP contribution >= 0.6 is 0 Å². The van der Waals surface area contributed by atoms with Crippen molar-refractivity contribution in [2.75, 3.05) is 18.6 Å². The van der Waals surface area contributed by atoms with Crippen LogP contribution in [-0.2, 0) is 5.41 Å². The Morgan fingerprint density at radius 2 is 1.43 bits per heavy atom. The van der Waals surface area contributed by atoms with E-state index >= 15 is 0 Å². The average molecular weight is 616 g/mol. The molecular weight excluding hydrogens is 570 g/mol. The molecule has 6 rings (SSSR count). The van der Waals surface area contributed by atoms with Crippen LogP contribution in [0, 0.1) is 0 Å². The smallest absolute Gasteiger partial charge is 0.343 e. The first kappa shape index (κ1) is 31.5. The van der Waals surface area contributed by atoms with Crippen LogP contribution in [-0.4, -0.2) is 25.3 Å². The highest BCUT2D eigenvalue weighted by Crippen LogP contribution is 2.54. The van der Waals surface area contributed by atoms with E-state index in [9.17, 15) is 4.79 Å². The molecule has 5 heteroatoms. The Morgan fingerprint density at radius 3 is 2.15 bits per heavy atom. The number of likely N-dealkylation sites (N-methyl/N-ethyl adjacent to an activating group) is 1. The third-order valence-corrected chi connectivity index (χ3v) is 9.60. The van der Waals surface area contributed by atoms with Gasteiger partial charge in [0.1, 0.15) is 17.2 Å². The second-order valence-electron chi connectivity index (χ2n) is 13.0. The number of fused-ring (bicyclic) bond motifs is 2. The van der Waals surface area contributed by atoms with E-state index in [0.29, 0.717) is 11.3 Å². The minimum atomic E-state index is -0.649. The molecule has 1 atom stereocenters. The molecule has 238 valence electrons. The van der Waals surface area contributed by atoms with Crippen molar-refractivity contribution in [3.63, 3.8) is 0 Å². The molecule has 2 aliphatic heterocycles. The number of benzene rings is 4. The average Bonchev–Trinajstić information content (AvgIpc) is 3.24. The maximum Gasteiger partial charge on any atom is 0.343 e. The number of esters is 1. The van der Waals surface area contributed by atoms with Crippen molar-refractivity contribution < 1.29 is 19.0 Å². The van der Waals surface area contributed by atoms with Gasteiger partial charge in [0.25, 0.3) is 0 Å². The Kier molecular flexibility index (Phi) is 9.21. The van der Waals surface area contributed by atoms with Gasteiger partial charge in [-0.1, -0.05) is 87.9 Å². The van der Waals surface area contributed by atoms with Gasteiger partial charge in [0, 0.05) is 18.3 Å². The summed E-state index contributed by atoms with van der Waals surface area (Å²) in [5.74, 6) is 1.73. The van der Waals surface area contributed by atoms with Crippen LogP contribution < -0.4 is 19.1 Å². The number of ether oxygens (including phenoxy) is 3. The molecule has 0 aliphatic carbocycles. The number of rotatable bonds is 12. The first-order valence-electron chi connectivity index (χ1n) is 16.7. The minimum Gasteiger partial charge on any atom is -0.494 e. The molecule has 2 heterocycles. The molecule has 0 fully saturated rings. The van der Waals surface area contributed by atoms with Gasteiger partial charge in [-0.2, -0.15) is 0 Å². The Balaban J connectivity index is 1.04. The van der Waals surface area contributed by atoms with E-state index in [1.54, 1.807) is 6.07 Å². The summed E-state index contributed by atoms with van der Waals surface area (Å²) >= 11 is 0. The van der Waals surface area contributed by atoms with E-state index in [-0.39, 0.29) is 5.41 Å². The van der Waals surface area contributed by atoms with Crippen molar-refractivity contribution >= 4 is 17.7 Å². The van der Waals surface area contributed by atoms with Crippen LogP contribution in [0.2, 0.25) is 0 Å². The molecule has 0 aromatic heterocycles. The Hall–Kier alpha value is -4.51. The molecule has 1 spiro atoms. The lowest BCUT2D eigenvalue weighted by Gasteiger charge is -2.45. The summed E-state index contributed by atoms with van der Waals surface area (Å²) in [6.45, 7) is 7.43. The van der Waals surface area contributed by atoms with E-state index in [4.69, 9.17) is 14.2 Å². The van der Waals surface area contributed by atoms with Crippen molar-refractivity contribution in [1.82, 2.24) is 0 Å². The lowest BCUT2D eigenvalue weighted by molar-refractivity contribution is 0.0579. The zero-order chi connectivity index (χ0) is 32.1. The van der Waals surface area contributed by atoms with Crippen LogP contribution in [0.15, 0.2) is 97.1 Å². The second-order valence-corrected chi connectivity index (χ2v) is 13.0. The number of carbonyl (C=O) groups excluding carboxylic acids is 1. The summed E-state index contributed by atoms with van der Waals surface area (Å²) in [6, 6.07) is 29.7. The van der Waals surface area contributed by atoms with Crippen molar-refractivity contribution in [2.24, 2.45) is 0 Å². The highest BCUT2D eigenvalue weighted by Gasteiger charge is 2.57. The summed E-state index contributed by atoms with van der Waals surface area (Å²) in [4.78, 5) is 15.3. The highest BCUT2D eigenvalue weighted by atomic mass is 16.5. The van der Waals surface area contributed by atoms with Gasteiger partial charge in [0.15, 0.2) is 0 Å². The quantitative estimate of drug-likeness (QED) is 0.0902. The second kappa shape index (κ2) is 13.5. The zero-order valence-electron chi connectivity index (χ0n) is 27.6. The summed E-state index contributed by atoms with van der Waals surface area (Å²) in [7, 11) is 2.08. The van der Waals surface area contributed by atoms with E-state index in [1.165, 1.54) is 44.1 Å². The van der Waals surface area contributed by atoms with Crippen LogP contribution in [0.25, 0.3) is 17.2 Å². The van der Waals surface area contributed by atoms with Crippen molar-refractivity contribution in [2.45, 2.75) is 76.9 Å². The number of nitrogens with zero attached hydrogens (tertiary/aromatic N) is 1. The predicted octanol–water partition coefficient (Wildman–Crippen LogP) is 10.2. The van der Waals surface area contributed by atoms with Crippen molar-refractivity contribution in [3.05, 3.63) is 114 Å². The molecule has 1 unspecified atom stereocenters. The summed E-state index contributed by atoms with van der Waals surface area (Å²) in [6.07, 6.45) is 13.1. The van der Waals surface area contributed by atoms with Gasteiger partial charge in [0.2, 0.25) is 5.72 Å². The van der Waals surface area contributed by atoms with Crippen LogP contribution in [0.3, 0.4) is 0 Å². The third-order valence-electron chi connectivity index (χ3n) is 9.60. The molecule has 2 aliphatic rings. The molecule has 0 amide bonds. The molecule has 0 radical (unpaired) electrons. The van der Waals surface area contributed by atoms with Crippen LogP contribution in [0.1, 0.15) is 87.2 Å².